The van der Waals surface area contributed by atoms with Crippen LogP contribution in [0.3, 0.4) is 0 Å². The monoisotopic (exact) mass is 343 g/mol. The second-order valence-electron chi connectivity index (χ2n) is 3.24. The van der Waals surface area contributed by atoms with Crippen LogP contribution >= 0.6 is 15.9 Å². The molecule has 106 valence electrons. The maximum atomic E-state index is 12.1. The number of rotatable bonds is 4. The molecule has 0 aromatic carbocycles. The zero-order chi connectivity index (χ0) is 14.6. The highest BCUT2D eigenvalue weighted by atomic mass is 79.9. The van der Waals surface area contributed by atoms with Crippen LogP contribution in [0.2, 0.25) is 0 Å². The van der Waals surface area contributed by atoms with Crippen molar-refractivity contribution in [2.75, 3.05) is 6.61 Å². The number of pyridine rings is 1. The van der Waals surface area contributed by atoms with Gasteiger partial charge in [-0.2, -0.15) is 0 Å². The summed E-state index contributed by atoms with van der Waals surface area (Å²) >= 11 is 2.87. The molecular formula is C10H9BrF3NO4. The van der Waals surface area contributed by atoms with Crippen molar-refractivity contribution in [1.29, 1.82) is 0 Å². The van der Waals surface area contributed by atoms with Crippen LogP contribution in [0, 0.1) is 0 Å². The quantitative estimate of drug-likeness (QED) is 0.673. The predicted molar refractivity (Wildman–Crippen MR) is 62.3 cm³/mol. The first-order valence-corrected chi connectivity index (χ1v) is 6.15. The molecule has 0 saturated carbocycles. The number of nitrogens with one attached hydrogen (secondary N) is 1. The van der Waals surface area contributed by atoms with Gasteiger partial charge in [-0.3, -0.25) is 4.79 Å². The Bertz CT molecular complexity index is 526. The third-order valence-corrected chi connectivity index (χ3v) is 2.55. The van der Waals surface area contributed by atoms with Gasteiger partial charge in [0.15, 0.2) is 0 Å². The molecule has 1 rings (SSSR count). The van der Waals surface area contributed by atoms with E-state index in [1.165, 1.54) is 0 Å². The molecule has 1 heterocycles. The van der Waals surface area contributed by atoms with Gasteiger partial charge in [-0.25, -0.2) is 4.79 Å². The van der Waals surface area contributed by atoms with E-state index in [0.29, 0.717) is 0 Å². The SMILES string of the molecule is CCOC(=O)c1c[nH]c(OC(F)(F)F)c(CBr)c1=O. The molecule has 0 aliphatic rings. The van der Waals surface area contributed by atoms with E-state index in [1.807, 2.05) is 0 Å². The number of carbonyl (C=O) groups is 1. The smallest absolute Gasteiger partial charge is 0.462 e. The number of hydrogen-bond donors (Lipinski definition) is 1. The molecule has 5 nitrogen and oxygen atoms in total. The van der Waals surface area contributed by atoms with Gasteiger partial charge in [-0.1, -0.05) is 15.9 Å². The molecular weight excluding hydrogens is 335 g/mol. The van der Waals surface area contributed by atoms with Crippen LogP contribution in [0.5, 0.6) is 5.88 Å². The first-order chi connectivity index (χ1) is 8.80. The summed E-state index contributed by atoms with van der Waals surface area (Å²) in [6.45, 7) is 1.58. The van der Waals surface area contributed by atoms with Crippen molar-refractivity contribution < 1.29 is 27.4 Å². The van der Waals surface area contributed by atoms with Gasteiger partial charge in [-0.05, 0) is 6.92 Å². The van der Waals surface area contributed by atoms with Crippen LogP contribution in [0.4, 0.5) is 13.2 Å². The zero-order valence-electron chi connectivity index (χ0n) is 9.64. The Hall–Kier alpha value is -1.51. The van der Waals surface area contributed by atoms with E-state index in [9.17, 15) is 22.8 Å². The highest BCUT2D eigenvalue weighted by molar-refractivity contribution is 9.08. The average molecular weight is 344 g/mol. The van der Waals surface area contributed by atoms with Crippen LogP contribution in [-0.4, -0.2) is 23.9 Å². The Morgan fingerprint density at radius 2 is 2.11 bits per heavy atom. The van der Waals surface area contributed by atoms with Gasteiger partial charge in [0.05, 0.1) is 12.2 Å². The maximum absolute atomic E-state index is 12.1. The highest BCUT2D eigenvalue weighted by Gasteiger charge is 2.33. The number of aromatic amines is 1. The third kappa shape index (κ3) is 3.98. The largest absolute Gasteiger partial charge is 0.574 e. The lowest BCUT2D eigenvalue weighted by molar-refractivity contribution is -0.276. The van der Waals surface area contributed by atoms with Crippen molar-refractivity contribution in [1.82, 2.24) is 4.98 Å². The van der Waals surface area contributed by atoms with Crippen molar-refractivity contribution in [2.45, 2.75) is 18.6 Å². The highest BCUT2D eigenvalue weighted by Crippen LogP contribution is 2.24. The summed E-state index contributed by atoms with van der Waals surface area (Å²) in [7, 11) is 0. The number of halogens is 4. The molecule has 0 saturated heterocycles. The number of aromatic nitrogens is 1. The minimum Gasteiger partial charge on any atom is -0.462 e. The summed E-state index contributed by atoms with van der Waals surface area (Å²) < 4.78 is 44.6. The van der Waals surface area contributed by atoms with E-state index in [2.05, 4.69) is 30.4 Å². The summed E-state index contributed by atoms with van der Waals surface area (Å²) in [6, 6.07) is 0. The Balaban J connectivity index is 3.23. The fourth-order valence-corrected chi connectivity index (χ4v) is 1.75. The first kappa shape index (κ1) is 15.5. The van der Waals surface area contributed by atoms with Crippen molar-refractivity contribution in [3.63, 3.8) is 0 Å². The van der Waals surface area contributed by atoms with Crippen molar-refractivity contribution in [3.8, 4) is 5.88 Å². The van der Waals surface area contributed by atoms with Gasteiger partial charge in [0, 0.05) is 11.5 Å². The Morgan fingerprint density at radius 1 is 1.47 bits per heavy atom. The van der Waals surface area contributed by atoms with Crippen LogP contribution < -0.4 is 10.2 Å². The minimum absolute atomic E-state index is 0.0444. The Kier molecular flexibility index (Phi) is 4.98. The molecule has 1 aromatic rings. The summed E-state index contributed by atoms with van der Waals surface area (Å²) in [6.07, 6.45) is -4.11. The van der Waals surface area contributed by atoms with Gasteiger partial charge >= 0.3 is 12.3 Å². The van der Waals surface area contributed by atoms with Gasteiger partial charge in [0.2, 0.25) is 11.3 Å². The topological polar surface area (TPSA) is 68.4 Å². The molecule has 0 bridgehead atoms. The molecule has 19 heavy (non-hydrogen) atoms. The number of carbonyl (C=O) groups excluding carboxylic acids is 1. The van der Waals surface area contributed by atoms with Gasteiger partial charge in [-0.15, -0.1) is 13.2 Å². The molecule has 0 unspecified atom stereocenters. The zero-order valence-corrected chi connectivity index (χ0v) is 11.2. The van der Waals surface area contributed by atoms with Crippen molar-refractivity contribution in [3.05, 3.63) is 27.5 Å². The third-order valence-electron chi connectivity index (χ3n) is 1.99. The maximum Gasteiger partial charge on any atom is 0.574 e. The number of alkyl halides is 4. The van der Waals surface area contributed by atoms with E-state index in [-0.39, 0.29) is 23.1 Å². The molecule has 0 atom stereocenters. The standard InChI is InChI=1S/C10H9BrF3NO4/c1-2-18-9(17)6-4-15-8(19-10(12,13)14)5(3-11)7(6)16/h4H,2-3H2,1H3,(H,15,16). The van der Waals surface area contributed by atoms with Crippen LogP contribution in [-0.2, 0) is 10.1 Å². The lowest BCUT2D eigenvalue weighted by atomic mass is 10.2. The fraction of sp³-hybridized carbons (Fsp3) is 0.400. The van der Waals surface area contributed by atoms with Gasteiger partial charge < -0.3 is 14.5 Å². The summed E-state index contributed by atoms with van der Waals surface area (Å²) in [5.74, 6) is -1.67. The van der Waals surface area contributed by atoms with Crippen LogP contribution in [0.15, 0.2) is 11.0 Å². The number of ether oxygens (including phenoxy) is 2. The molecule has 9 heteroatoms. The fourth-order valence-electron chi connectivity index (χ4n) is 1.24. The van der Waals surface area contributed by atoms with Gasteiger partial charge in [0.1, 0.15) is 5.56 Å². The second kappa shape index (κ2) is 6.09. The van der Waals surface area contributed by atoms with E-state index >= 15 is 0 Å². The normalized spacial score (nSPS) is 11.2. The number of hydrogen-bond acceptors (Lipinski definition) is 4. The Labute approximate surface area is 113 Å². The van der Waals surface area contributed by atoms with E-state index < -0.39 is 23.6 Å². The Morgan fingerprint density at radius 3 is 2.58 bits per heavy atom. The lowest BCUT2D eigenvalue weighted by Crippen LogP contribution is -2.25. The summed E-state index contributed by atoms with van der Waals surface area (Å²) in [5.41, 5.74) is -1.61. The molecule has 1 aromatic heterocycles. The average Bonchev–Trinajstić information content (AvgIpc) is 2.27. The van der Waals surface area contributed by atoms with E-state index in [4.69, 9.17) is 0 Å². The minimum atomic E-state index is -4.94. The number of H-pyrrole nitrogens is 1. The molecule has 0 aliphatic heterocycles. The molecule has 0 aliphatic carbocycles. The van der Waals surface area contributed by atoms with E-state index in [0.717, 1.165) is 6.20 Å². The molecule has 1 N–H and O–H groups in total. The molecule has 0 fully saturated rings. The van der Waals surface area contributed by atoms with E-state index in [1.54, 1.807) is 6.92 Å². The van der Waals surface area contributed by atoms with Crippen LogP contribution in [0.25, 0.3) is 0 Å². The van der Waals surface area contributed by atoms with Crippen LogP contribution in [0.1, 0.15) is 22.8 Å². The first-order valence-electron chi connectivity index (χ1n) is 5.03. The predicted octanol–water partition coefficient (Wildman–Crippen LogP) is 2.35. The summed E-state index contributed by atoms with van der Waals surface area (Å²) in [4.78, 5) is 25.4. The lowest BCUT2D eigenvalue weighted by Gasteiger charge is -2.12. The molecule has 0 spiro atoms. The molecule has 0 amide bonds. The number of esters is 1. The second-order valence-corrected chi connectivity index (χ2v) is 3.80. The van der Waals surface area contributed by atoms with Crippen molar-refractivity contribution >= 4 is 21.9 Å². The van der Waals surface area contributed by atoms with Gasteiger partial charge in [0.25, 0.3) is 0 Å². The molecule has 0 radical (unpaired) electrons. The summed E-state index contributed by atoms with van der Waals surface area (Å²) in [5, 5.41) is -0.207. The van der Waals surface area contributed by atoms with Crippen molar-refractivity contribution in [2.24, 2.45) is 0 Å².